The van der Waals surface area contributed by atoms with E-state index in [2.05, 4.69) is 15.3 Å². The summed E-state index contributed by atoms with van der Waals surface area (Å²) in [7, 11) is 1.67. The van der Waals surface area contributed by atoms with Crippen molar-refractivity contribution in [2.75, 3.05) is 12.4 Å². The summed E-state index contributed by atoms with van der Waals surface area (Å²) in [6, 6.07) is 13.9. The van der Waals surface area contributed by atoms with Crippen LogP contribution < -0.4 is 10.1 Å². The second-order valence-corrected chi connectivity index (χ2v) is 4.44. The van der Waals surface area contributed by atoms with Gasteiger partial charge in [-0.2, -0.15) is 0 Å². The average molecular weight is 265 g/mol. The highest BCUT2D eigenvalue weighted by molar-refractivity contribution is 5.87. The number of pyridine rings is 2. The summed E-state index contributed by atoms with van der Waals surface area (Å²) in [6.07, 6.45) is 3.57. The van der Waals surface area contributed by atoms with Crippen molar-refractivity contribution in [1.29, 1.82) is 0 Å². The molecule has 100 valence electrons. The lowest BCUT2D eigenvalue weighted by atomic mass is 10.2. The number of nitrogens with zero attached hydrogens (tertiary/aromatic N) is 2. The normalized spacial score (nSPS) is 10.4. The molecule has 0 saturated carbocycles. The van der Waals surface area contributed by atoms with E-state index in [1.807, 2.05) is 42.5 Å². The topological polar surface area (TPSA) is 47.0 Å². The lowest BCUT2D eigenvalue weighted by Crippen LogP contribution is -2.02. The van der Waals surface area contributed by atoms with Crippen molar-refractivity contribution in [3.63, 3.8) is 0 Å². The molecule has 0 aliphatic heterocycles. The molecule has 1 aromatic carbocycles. The minimum absolute atomic E-state index is 0.701. The number of anilines is 1. The molecule has 0 fully saturated rings. The number of hydrogen-bond acceptors (Lipinski definition) is 4. The van der Waals surface area contributed by atoms with Crippen LogP contribution in [0.2, 0.25) is 0 Å². The molecule has 20 heavy (non-hydrogen) atoms. The van der Waals surface area contributed by atoms with Crippen LogP contribution in [0.5, 0.6) is 5.75 Å². The zero-order valence-corrected chi connectivity index (χ0v) is 11.2. The van der Waals surface area contributed by atoms with Gasteiger partial charge in [-0.1, -0.05) is 18.2 Å². The summed E-state index contributed by atoms with van der Waals surface area (Å²) >= 11 is 0. The molecule has 0 aliphatic carbocycles. The van der Waals surface area contributed by atoms with Crippen LogP contribution in [0.25, 0.3) is 10.9 Å². The number of hydrogen-bond donors (Lipinski definition) is 1. The van der Waals surface area contributed by atoms with E-state index < -0.39 is 0 Å². The van der Waals surface area contributed by atoms with Crippen molar-refractivity contribution in [1.82, 2.24) is 9.97 Å². The van der Waals surface area contributed by atoms with Crippen LogP contribution in [-0.4, -0.2) is 17.1 Å². The first-order chi connectivity index (χ1) is 9.86. The minimum atomic E-state index is 0.701. The molecule has 0 unspecified atom stereocenters. The molecule has 3 aromatic rings. The minimum Gasteiger partial charge on any atom is -0.497 e. The van der Waals surface area contributed by atoms with Crippen molar-refractivity contribution >= 4 is 16.7 Å². The van der Waals surface area contributed by atoms with Crippen LogP contribution in [0, 0.1) is 0 Å². The molecule has 2 heterocycles. The van der Waals surface area contributed by atoms with Gasteiger partial charge in [0.15, 0.2) is 5.82 Å². The zero-order chi connectivity index (χ0) is 13.8. The molecule has 0 bridgehead atoms. The summed E-state index contributed by atoms with van der Waals surface area (Å²) < 4.78 is 5.15. The summed E-state index contributed by atoms with van der Waals surface area (Å²) in [5.41, 5.74) is 2.06. The van der Waals surface area contributed by atoms with Gasteiger partial charge in [-0.15, -0.1) is 0 Å². The fraction of sp³-hybridized carbons (Fsp3) is 0.125. The number of fused-ring (bicyclic) bond motifs is 1. The molecule has 4 nitrogen and oxygen atoms in total. The Bertz CT molecular complexity index is 705. The molecule has 3 rings (SSSR count). The highest BCUT2D eigenvalue weighted by Crippen LogP contribution is 2.19. The van der Waals surface area contributed by atoms with Crippen LogP contribution in [0.3, 0.4) is 0 Å². The smallest absolute Gasteiger partial charge is 0.152 e. The SMILES string of the molecule is COc1ccc(CNc2nccc3cccnc23)cc1. The number of rotatable bonds is 4. The molecule has 0 spiro atoms. The number of nitrogens with one attached hydrogen (secondary N) is 1. The van der Waals surface area contributed by atoms with Gasteiger partial charge in [0.2, 0.25) is 0 Å². The highest BCUT2D eigenvalue weighted by Gasteiger charge is 2.02. The van der Waals surface area contributed by atoms with Crippen LogP contribution >= 0.6 is 0 Å². The first kappa shape index (κ1) is 12.4. The van der Waals surface area contributed by atoms with E-state index in [9.17, 15) is 0 Å². The quantitative estimate of drug-likeness (QED) is 0.786. The first-order valence-electron chi connectivity index (χ1n) is 6.43. The molecule has 0 amide bonds. The van der Waals surface area contributed by atoms with E-state index >= 15 is 0 Å². The Hall–Kier alpha value is -2.62. The van der Waals surface area contributed by atoms with Gasteiger partial charge in [0.05, 0.1) is 7.11 Å². The lowest BCUT2D eigenvalue weighted by Gasteiger charge is -2.08. The Kier molecular flexibility index (Phi) is 3.46. The average Bonchev–Trinajstić information content (AvgIpc) is 2.53. The monoisotopic (exact) mass is 265 g/mol. The van der Waals surface area contributed by atoms with E-state index in [1.54, 1.807) is 19.5 Å². The van der Waals surface area contributed by atoms with Gasteiger partial charge >= 0.3 is 0 Å². The maximum Gasteiger partial charge on any atom is 0.152 e. The molecule has 0 atom stereocenters. The van der Waals surface area contributed by atoms with Crippen LogP contribution in [-0.2, 0) is 6.54 Å². The Morgan fingerprint density at radius 3 is 2.65 bits per heavy atom. The molecular weight excluding hydrogens is 250 g/mol. The third-order valence-electron chi connectivity index (χ3n) is 3.14. The second kappa shape index (κ2) is 5.57. The third-order valence-corrected chi connectivity index (χ3v) is 3.14. The van der Waals surface area contributed by atoms with Gasteiger partial charge in [0, 0.05) is 24.3 Å². The van der Waals surface area contributed by atoms with E-state index in [0.29, 0.717) is 6.54 Å². The summed E-state index contributed by atoms with van der Waals surface area (Å²) in [4.78, 5) is 8.73. The molecule has 4 heteroatoms. The van der Waals surface area contributed by atoms with Crippen LogP contribution in [0.1, 0.15) is 5.56 Å². The Morgan fingerprint density at radius 1 is 1.00 bits per heavy atom. The van der Waals surface area contributed by atoms with Gasteiger partial charge in [-0.3, -0.25) is 4.98 Å². The van der Waals surface area contributed by atoms with Gasteiger partial charge in [-0.25, -0.2) is 4.98 Å². The fourth-order valence-electron chi connectivity index (χ4n) is 2.06. The Balaban J connectivity index is 1.79. The number of aromatic nitrogens is 2. The largest absolute Gasteiger partial charge is 0.497 e. The molecule has 2 aromatic heterocycles. The van der Waals surface area contributed by atoms with Crippen molar-refractivity contribution in [3.05, 3.63) is 60.4 Å². The zero-order valence-electron chi connectivity index (χ0n) is 11.2. The standard InChI is InChI=1S/C16H15N3O/c1-20-14-6-4-12(5-7-14)11-19-16-15-13(8-10-18-16)3-2-9-17-15/h2-10H,11H2,1H3,(H,18,19). The van der Waals surface area contributed by atoms with E-state index in [-0.39, 0.29) is 0 Å². The van der Waals surface area contributed by atoms with Gasteiger partial charge in [0.1, 0.15) is 11.3 Å². The molecule has 1 N–H and O–H groups in total. The first-order valence-corrected chi connectivity index (χ1v) is 6.43. The molecular formula is C16H15N3O. The maximum atomic E-state index is 5.15. The van der Waals surface area contributed by atoms with Gasteiger partial charge < -0.3 is 10.1 Å². The molecule has 0 saturated heterocycles. The number of benzene rings is 1. The molecule has 0 aliphatic rings. The van der Waals surface area contributed by atoms with E-state index in [4.69, 9.17) is 4.74 Å². The summed E-state index contributed by atoms with van der Waals surface area (Å²) in [5, 5.41) is 4.41. The lowest BCUT2D eigenvalue weighted by molar-refractivity contribution is 0.414. The predicted molar refractivity (Wildman–Crippen MR) is 79.9 cm³/mol. The van der Waals surface area contributed by atoms with Gasteiger partial charge in [-0.05, 0) is 29.8 Å². The van der Waals surface area contributed by atoms with E-state index in [0.717, 1.165) is 22.5 Å². The number of ether oxygens (including phenoxy) is 1. The van der Waals surface area contributed by atoms with Gasteiger partial charge in [0.25, 0.3) is 0 Å². The second-order valence-electron chi connectivity index (χ2n) is 4.44. The van der Waals surface area contributed by atoms with Crippen molar-refractivity contribution in [2.24, 2.45) is 0 Å². The van der Waals surface area contributed by atoms with Crippen LogP contribution in [0.15, 0.2) is 54.9 Å². The number of methoxy groups -OCH3 is 1. The fourth-order valence-corrected chi connectivity index (χ4v) is 2.06. The Morgan fingerprint density at radius 2 is 1.85 bits per heavy atom. The van der Waals surface area contributed by atoms with Crippen LogP contribution in [0.4, 0.5) is 5.82 Å². The predicted octanol–water partition coefficient (Wildman–Crippen LogP) is 3.25. The van der Waals surface area contributed by atoms with E-state index in [1.165, 1.54) is 5.56 Å². The van der Waals surface area contributed by atoms with Crippen molar-refractivity contribution in [2.45, 2.75) is 6.54 Å². The molecule has 0 radical (unpaired) electrons. The van der Waals surface area contributed by atoms with Crippen molar-refractivity contribution in [3.8, 4) is 5.75 Å². The Labute approximate surface area is 117 Å². The maximum absolute atomic E-state index is 5.15. The van der Waals surface area contributed by atoms with Crippen molar-refractivity contribution < 1.29 is 4.74 Å². The highest BCUT2D eigenvalue weighted by atomic mass is 16.5. The third kappa shape index (κ3) is 2.54. The summed E-state index contributed by atoms with van der Waals surface area (Å²) in [6.45, 7) is 0.701. The summed E-state index contributed by atoms with van der Waals surface area (Å²) in [5.74, 6) is 1.66.